The Balaban J connectivity index is 2.45. The van der Waals surface area contributed by atoms with Crippen LogP contribution in [0.2, 0.25) is 0 Å². The van der Waals surface area contributed by atoms with Crippen LogP contribution in [0.5, 0.6) is 17.4 Å². The Morgan fingerprint density at radius 3 is 2.76 bits per heavy atom. The summed E-state index contributed by atoms with van der Waals surface area (Å²) in [6, 6.07) is 5.33. The van der Waals surface area contributed by atoms with Gasteiger partial charge in [0.25, 0.3) is 5.69 Å². The number of nitrogen functional groups attached to an aromatic ring is 1. The standard InChI is InChI=1S/C12H11N5O4/c1-20-9-3-2-7(17(18)19)6-10(9)21-12-8(11(13)14)4-5-15-16-12/h2-6H,1H3,(H3,13,14). The van der Waals surface area contributed by atoms with E-state index < -0.39 is 4.92 Å². The molecule has 0 atom stereocenters. The topological polar surface area (TPSA) is 137 Å². The van der Waals surface area contributed by atoms with E-state index in [2.05, 4.69) is 10.2 Å². The van der Waals surface area contributed by atoms with Gasteiger partial charge in [-0.3, -0.25) is 15.5 Å². The Morgan fingerprint density at radius 1 is 1.38 bits per heavy atom. The maximum Gasteiger partial charge on any atom is 0.273 e. The van der Waals surface area contributed by atoms with E-state index >= 15 is 0 Å². The Labute approximate surface area is 119 Å². The van der Waals surface area contributed by atoms with Gasteiger partial charge in [0, 0.05) is 6.07 Å². The van der Waals surface area contributed by atoms with Crippen LogP contribution < -0.4 is 15.2 Å². The molecule has 0 saturated carbocycles. The number of nitrogens with two attached hydrogens (primary N) is 1. The highest BCUT2D eigenvalue weighted by Crippen LogP contribution is 2.34. The van der Waals surface area contributed by atoms with Crippen molar-refractivity contribution in [2.45, 2.75) is 0 Å². The lowest BCUT2D eigenvalue weighted by atomic mass is 10.2. The fraction of sp³-hybridized carbons (Fsp3) is 0.0833. The first-order valence-electron chi connectivity index (χ1n) is 5.69. The molecule has 0 amide bonds. The molecule has 1 heterocycles. The van der Waals surface area contributed by atoms with Crippen LogP contribution in [0.3, 0.4) is 0 Å². The van der Waals surface area contributed by atoms with Gasteiger partial charge in [0.15, 0.2) is 11.5 Å². The number of nitro groups is 1. The molecule has 9 heteroatoms. The third kappa shape index (κ3) is 3.03. The molecule has 0 bridgehead atoms. The van der Waals surface area contributed by atoms with E-state index in [1.54, 1.807) is 0 Å². The molecule has 2 rings (SSSR count). The summed E-state index contributed by atoms with van der Waals surface area (Å²) in [5, 5.41) is 25.6. The second-order valence-corrected chi connectivity index (χ2v) is 3.86. The molecule has 1 aromatic heterocycles. The quantitative estimate of drug-likeness (QED) is 0.368. The molecule has 0 spiro atoms. The first kappa shape index (κ1) is 14.2. The van der Waals surface area contributed by atoms with E-state index in [1.807, 2.05) is 0 Å². The average molecular weight is 289 g/mol. The normalized spacial score (nSPS) is 9.95. The number of hydrogen-bond acceptors (Lipinski definition) is 7. The Morgan fingerprint density at radius 2 is 2.14 bits per heavy atom. The minimum atomic E-state index is -0.561. The number of methoxy groups -OCH3 is 1. The van der Waals surface area contributed by atoms with Crippen molar-refractivity contribution < 1.29 is 14.4 Å². The fourth-order valence-electron chi connectivity index (χ4n) is 1.56. The summed E-state index contributed by atoms with van der Waals surface area (Å²) in [6.07, 6.45) is 1.36. The maximum absolute atomic E-state index is 10.8. The molecule has 9 nitrogen and oxygen atoms in total. The van der Waals surface area contributed by atoms with Crippen LogP contribution in [0.15, 0.2) is 30.5 Å². The molecule has 0 unspecified atom stereocenters. The van der Waals surface area contributed by atoms with Gasteiger partial charge in [0.05, 0.1) is 29.9 Å². The summed E-state index contributed by atoms with van der Waals surface area (Å²) in [5.74, 6) is 0.0588. The zero-order chi connectivity index (χ0) is 15.4. The second-order valence-electron chi connectivity index (χ2n) is 3.86. The lowest BCUT2D eigenvalue weighted by molar-refractivity contribution is -0.384. The molecule has 0 fully saturated rings. The molecule has 0 radical (unpaired) electrons. The van der Waals surface area contributed by atoms with Gasteiger partial charge in [0.1, 0.15) is 5.84 Å². The largest absolute Gasteiger partial charge is 0.493 e. The summed E-state index contributed by atoms with van der Waals surface area (Å²) < 4.78 is 10.5. The van der Waals surface area contributed by atoms with Gasteiger partial charge < -0.3 is 15.2 Å². The van der Waals surface area contributed by atoms with Crippen molar-refractivity contribution in [3.05, 3.63) is 46.1 Å². The highest BCUT2D eigenvalue weighted by Gasteiger charge is 2.16. The van der Waals surface area contributed by atoms with Gasteiger partial charge in [-0.2, -0.15) is 5.10 Å². The Kier molecular flexibility index (Phi) is 3.93. The Hall–Kier alpha value is -3.23. The maximum atomic E-state index is 10.8. The van der Waals surface area contributed by atoms with Crippen molar-refractivity contribution in [2.75, 3.05) is 7.11 Å². The van der Waals surface area contributed by atoms with Crippen LogP contribution >= 0.6 is 0 Å². The van der Waals surface area contributed by atoms with Gasteiger partial charge >= 0.3 is 0 Å². The van der Waals surface area contributed by atoms with Crippen molar-refractivity contribution in [3.8, 4) is 17.4 Å². The monoisotopic (exact) mass is 289 g/mol. The zero-order valence-corrected chi connectivity index (χ0v) is 10.9. The summed E-state index contributed by atoms with van der Waals surface area (Å²) in [4.78, 5) is 10.2. The summed E-state index contributed by atoms with van der Waals surface area (Å²) >= 11 is 0. The third-order valence-corrected chi connectivity index (χ3v) is 2.54. The van der Waals surface area contributed by atoms with E-state index in [4.69, 9.17) is 20.6 Å². The second kappa shape index (κ2) is 5.82. The fourth-order valence-corrected chi connectivity index (χ4v) is 1.56. The molecular weight excluding hydrogens is 278 g/mol. The number of aromatic nitrogens is 2. The summed E-state index contributed by atoms with van der Waals surface area (Å²) in [7, 11) is 1.40. The van der Waals surface area contributed by atoms with Gasteiger partial charge in [-0.25, -0.2) is 0 Å². The van der Waals surface area contributed by atoms with Crippen LogP contribution in [0.1, 0.15) is 5.56 Å². The highest BCUT2D eigenvalue weighted by atomic mass is 16.6. The first-order valence-corrected chi connectivity index (χ1v) is 5.69. The number of nitrogens with zero attached hydrogens (tertiary/aromatic N) is 3. The number of ether oxygens (including phenoxy) is 2. The van der Waals surface area contributed by atoms with E-state index in [9.17, 15) is 10.1 Å². The molecule has 0 saturated heterocycles. The minimum Gasteiger partial charge on any atom is -0.493 e. The molecule has 1 aromatic carbocycles. The summed E-state index contributed by atoms with van der Waals surface area (Å²) in [6.45, 7) is 0. The Bertz CT molecular complexity index is 704. The van der Waals surface area contributed by atoms with Crippen molar-refractivity contribution in [1.29, 1.82) is 5.41 Å². The van der Waals surface area contributed by atoms with E-state index in [-0.39, 0.29) is 34.5 Å². The van der Waals surface area contributed by atoms with E-state index in [0.29, 0.717) is 0 Å². The number of benzene rings is 1. The predicted molar refractivity (Wildman–Crippen MR) is 72.8 cm³/mol. The number of non-ortho nitro benzene ring substituents is 1. The van der Waals surface area contributed by atoms with Crippen LogP contribution in [0.25, 0.3) is 0 Å². The van der Waals surface area contributed by atoms with Crippen LogP contribution in [0, 0.1) is 15.5 Å². The van der Waals surface area contributed by atoms with Crippen molar-refractivity contribution in [2.24, 2.45) is 5.73 Å². The van der Waals surface area contributed by atoms with E-state index in [0.717, 1.165) is 0 Å². The number of hydrogen-bond donors (Lipinski definition) is 2. The highest BCUT2D eigenvalue weighted by molar-refractivity contribution is 5.97. The van der Waals surface area contributed by atoms with Crippen LogP contribution in [-0.2, 0) is 0 Å². The first-order chi connectivity index (χ1) is 10.0. The molecule has 108 valence electrons. The number of nitro benzene ring substituents is 1. The van der Waals surface area contributed by atoms with Crippen molar-refractivity contribution in [1.82, 2.24) is 10.2 Å². The van der Waals surface area contributed by atoms with E-state index in [1.165, 1.54) is 37.6 Å². The van der Waals surface area contributed by atoms with Crippen LogP contribution in [0.4, 0.5) is 5.69 Å². The smallest absolute Gasteiger partial charge is 0.273 e. The number of nitrogens with one attached hydrogen (secondary N) is 1. The number of rotatable bonds is 5. The lowest BCUT2D eigenvalue weighted by Gasteiger charge is -2.11. The minimum absolute atomic E-state index is 0.0382. The molecule has 0 aliphatic carbocycles. The summed E-state index contributed by atoms with van der Waals surface area (Å²) in [5.41, 5.74) is 5.47. The third-order valence-electron chi connectivity index (χ3n) is 2.54. The lowest BCUT2D eigenvalue weighted by Crippen LogP contribution is -2.13. The average Bonchev–Trinajstić information content (AvgIpc) is 2.47. The molecule has 3 N–H and O–H groups in total. The zero-order valence-electron chi connectivity index (χ0n) is 10.9. The van der Waals surface area contributed by atoms with Gasteiger partial charge in [-0.15, -0.1) is 5.10 Å². The van der Waals surface area contributed by atoms with Crippen LogP contribution in [-0.4, -0.2) is 28.1 Å². The molecule has 2 aromatic rings. The predicted octanol–water partition coefficient (Wildman–Crippen LogP) is 1.47. The van der Waals surface area contributed by atoms with Crippen molar-refractivity contribution in [3.63, 3.8) is 0 Å². The SMILES string of the molecule is COc1ccc([N+](=O)[O-])cc1Oc1nnccc1C(=N)N. The molecular formula is C12H11N5O4. The van der Waals surface area contributed by atoms with Crippen molar-refractivity contribution >= 4 is 11.5 Å². The van der Waals surface area contributed by atoms with Gasteiger partial charge in [-0.1, -0.05) is 0 Å². The molecule has 21 heavy (non-hydrogen) atoms. The number of amidine groups is 1. The van der Waals surface area contributed by atoms with Gasteiger partial charge in [-0.05, 0) is 12.1 Å². The molecule has 0 aliphatic rings. The molecule has 0 aliphatic heterocycles. The van der Waals surface area contributed by atoms with Gasteiger partial charge in [0.2, 0.25) is 5.88 Å².